The molecule has 0 aliphatic carbocycles. The van der Waals surface area contributed by atoms with Crippen LogP contribution in [0.4, 0.5) is 17.1 Å². The zero-order valence-corrected chi connectivity index (χ0v) is 17.6. The topological polar surface area (TPSA) is 31.2 Å². The lowest BCUT2D eigenvalue weighted by Crippen LogP contribution is -2.08. The molecule has 0 fully saturated rings. The van der Waals surface area contributed by atoms with E-state index >= 15 is 0 Å². The molecule has 0 atom stereocenters. The summed E-state index contributed by atoms with van der Waals surface area (Å²) in [7, 11) is 7.76. The number of hydrogen-bond acceptors (Lipinski definition) is 3. The molecule has 0 saturated heterocycles. The molecule has 2 aromatic carbocycles. The number of nitrogens with zero attached hydrogens (tertiary/aromatic N) is 4. The van der Waals surface area contributed by atoms with E-state index in [9.17, 15) is 0 Å². The van der Waals surface area contributed by atoms with Crippen LogP contribution in [0.2, 0.25) is 10.0 Å². The van der Waals surface area contributed by atoms with Gasteiger partial charge < -0.3 is 9.80 Å². The van der Waals surface area contributed by atoms with Crippen molar-refractivity contribution < 1.29 is 0 Å². The SMILES string of the molecule is CN(C)/C=N\c1c(Cl)cc(/N=C/c2ccc(N(C)C)cc2Br)cc1Cl. The van der Waals surface area contributed by atoms with Crippen molar-refractivity contribution >= 4 is 68.7 Å². The molecule has 2 rings (SSSR count). The van der Waals surface area contributed by atoms with E-state index in [0.717, 1.165) is 15.7 Å². The highest BCUT2D eigenvalue weighted by molar-refractivity contribution is 9.10. The van der Waals surface area contributed by atoms with Crippen molar-refractivity contribution in [3.05, 3.63) is 50.4 Å². The van der Waals surface area contributed by atoms with Crippen LogP contribution in [-0.2, 0) is 0 Å². The van der Waals surface area contributed by atoms with Crippen molar-refractivity contribution in [3.8, 4) is 0 Å². The Balaban J connectivity index is 2.27. The minimum Gasteiger partial charge on any atom is -0.378 e. The molecule has 25 heavy (non-hydrogen) atoms. The maximum Gasteiger partial charge on any atom is 0.102 e. The van der Waals surface area contributed by atoms with Gasteiger partial charge in [0.2, 0.25) is 0 Å². The van der Waals surface area contributed by atoms with Gasteiger partial charge in [-0.1, -0.05) is 45.2 Å². The number of anilines is 1. The lowest BCUT2D eigenvalue weighted by molar-refractivity contribution is 0.643. The van der Waals surface area contributed by atoms with Gasteiger partial charge in [0.25, 0.3) is 0 Å². The molecule has 0 spiro atoms. The summed E-state index contributed by atoms with van der Waals surface area (Å²) in [5.74, 6) is 0. The average molecular weight is 442 g/mol. The maximum atomic E-state index is 6.28. The number of hydrogen-bond donors (Lipinski definition) is 0. The Kier molecular flexibility index (Phi) is 6.87. The van der Waals surface area contributed by atoms with E-state index in [-0.39, 0.29) is 0 Å². The lowest BCUT2D eigenvalue weighted by Gasteiger charge is -2.13. The summed E-state index contributed by atoms with van der Waals surface area (Å²) in [6.45, 7) is 0. The largest absolute Gasteiger partial charge is 0.378 e. The fraction of sp³-hybridized carbons (Fsp3) is 0.222. The Bertz CT molecular complexity index is 794. The summed E-state index contributed by atoms with van der Waals surface area (Å²) < 4.78 is 0.965. The average Bonchev–Trinajstić information content (AvgIpc) is 2.52. The highest BCUT2D eigenvalue weighted by Gasteiger charge is 2.07. The second kappa shape index (κ2) is 8.70. The molecule has 4 nitrogen and oxygen atoms in total. The summed E-state index contributed by atoms with van der Waals surface area (Å²) >= 11 is 16.1. The third-order valence-corrected chi connectivity index (χ3v) is 4.54. The molecule has 0 heterocycles. The first-order chi connectivity index (χ1) is 11.8. The number of rotatable bonds is 5. The van der Waals surface area contributed by atoms with Crippen LogP contribution in [0.25, 0.3) is 0 Å². The highest BCUT2D eigenvalue weighted by Crippen LogP contribution is 2.37. The maximum absolute atomic E-state index is 6.28. The quantitative estimate of drug-likeness (QED) is 0.434. The monoisotopic (exact) mass is 440 g/mol. The second-order valence-electron chi connectivity index (χ2n) is 5.82. The van der Waals surface area contributed by atoms with E-state index in [1.165, 1.54) is 0 Å². The molecule has 0 aliphatic rings. The third-order valence-electron chi connectivity index (χ3n) is 3.27. The molecule has 0 radical (unpaired) electrons. The van der Waals surface area contributed by atoms with Gasteiger partial charge in [-0.3, -0.25) is 4.99 Å². The van der Waals surface area contributed by atoms with Crippen LogP contribution in [0.15, 0.2) is 44.8 Å². The van der Waals surface area contributed by atoms with Crippen LogP contribution in [0.5, 0.6) is 0 Å². The summed E-state index contributed by atoms with van der Waals surface area (Å²) in [5.41, 5.74) is 3.28. The van der Waals surface area contributed by atoms with Gasteiger partial charge in [-0.15, -0.1) is 0 Å². The Labute approximate surface area is 166 Å². The molecule has 132 valence electrons. The summed E-state index contributed by atoms with van der Waals surface area (Å²) in [6.07, 6.45) is 3.42. The van der Waals surface area contributed by atoms with Gasteiger partial charge in [0.05, 0.1) is 22.1 Å². The molecule has 0 saturated carbocycles. The van der Waals surface area contributed by atoms with Gasteiger partial charge in [-0.25, -0.2) is 4.99 Å². The van der Waals surface area contributed by atoms with Crippen molar-refractivity contribution in [3.63, 3.8) is 0 Å². The fourth-order valence-electron chi connectivity index (χ4n) is 1.97. The predicted octanol–water partition coefficient (Wildman–Crippen LogP) is 5.79. The second-order valence-corrected chi connectivity index (χ2v) is 7.49. The van der Waals surface area contributed by atoms with Crippen LogP contribution in [0, 0.1) is 0 Å². The van der Waals surface area contributed by atoms with Gasteiger partial charge in [-0.2, -0.15) is 0 Å². The Morgan fingerprint density at radius 1 is 0.960 bits per heavy atom. The van der Waals surface area contributed by atoms with Crippen LogP contribution in [0.3, 0.4) is 0 Å². The molecule has 2 aromatic rings. The molecule has 7 heteroatoms. The van der Waals surface area contributed by atoms with Crippen LogP contribution in [0.1, 0.15) is 5.56 Å². The summed E-state index contributed by atoms with van der Waals surface area (Å²) in [6, 6.07) is 9.57. The van der Waals surface area contributed by atoms with Gasteiger partial charge in [0.1, 0.15) is 5.69 Å². The molecule has 0 N–H and O–H groups in total. The highest BCUT2D eigenvalue weighted by atomic mass is 79.9. The Morgan fingerprint density at radius 3 is 2.12 bits per heavy atom. The zero-order valence-electron chi connectivity index (χ0n) is 14.5. The predicted molar refractivity (Wildman–Crippen MR) is 114 cm³/mol. The van der Waals surface area contributed by atoms with Crippen molar-refractivity contribution in [1.82, 2.24) is 4.90 Å². The Hall–Kier alpha value is -1.56. The van der Waals surface area contributed by atoms with Crippen molar-refractivity contribution in [2.24, 2.45) is 9.98 Å². The number of halogens is 3. The van der Waals surface area contributed by atoms with Gasteiger partial charge >= 0.3 is 0 Å². The zero-order chi connectivity index (χ0) is 18.6. The Morgan fingerprint density at radius 2 is 1.60 bits per heavy atom. The molecular weight excluding hydrogens is 423 g/mol. The van der Waals surface area contributed by atoms with E-state index in [0.29, 0.717) is 21.4 Å². The number of benzene rings is 2. The van der Waals surface area contributed by atoms with Crippen molar-refractivity contribution in [2.75, 3.05) is 33.1 Å². The molecule has 0 aromatic heterocycles. The molecule has 0 aliphatic heterocycles. The molecule has 0 amide bonds. The van der Waals surface area contributed by atoms with E-state index in [4.69, 9.17) is 23.2 Å². The first-order valence-corrected chi connectivity index (χ1v) is 9.03. The molecule has 0 bridgehead atoms. The van der Waals surface area contributed by atoms with Crippen LogP contribution < -0.4 is 4.90 Å². The summed E-state index contributed by atoms with van der Waals surface area (Å²) in [5, 5.41) is 0.916. The smallest absolute Gasteiger partial charge is 0.102 e. The van der Waals surface area contributed by atoms with E-state index in [2.05, 4.69) is 25.9 Å². The van der Waals surface area contributed by atoms with Crippen molar-refractivity contribution in [1.29, 1.82) is 0 Å². The van der Waals surface area contributed by atoms with E-state index in [1.807, 2.05) is 56.2 Å². The van der Waals surface area contributed by atoms with E-state index < -0.39 is 0 Å². The summed E-state index contributed by atoms with van der Waals surface area (Å²) in [4.78, 5) is 12.6. The van der Waals surface area contributed by atoms with Crippen LogP contribution >= 0.6 is 39.1 Å². The normalized spacial score (nSPS) is 11.5. The third kappa shape index (κ3) is 5.46. The standard InChI is InChI=1S/C18H19BrCl2N4/c1-24(2)11-23-18-16(20)7-13(8-17(18)21)22-10-12-5-6-14(25(3)4)9-15(12)19/h5-11H,1-4H3/b22-10+,23-11-. The van der Waals surface area contributed by atoms with E-state index in [1.54, 1.807) is 24.7 Å². The van der Waals surface area contributed by atoms with Gasteiger partial charge in [-0.05, 0) is 24.3 Å². The molecular formula is C18H19BrCl2N4. The van der Waals surface area contributed by atoms with Gasteiger partial charge in [0, 0.05) is 50.1 Å². The lowest BCUT2D eigenvalue weighted by atomic mass is 10.2. The first-order valence-electron chi connectivity index (χ1n) is 7.48. The van der Waals surface area contributed by atoms with Crippen molar-refractivity contribution in [2.45, 2.75) is 0 Å². The van der Waals surface area contributed by atoms with Gasteiger partial charge in [0.15, 0.2) is 0 Å². The number of aliphatic imine (C=N–C) groups is 2. The first kappa shape index (κ1) is 19.8. The minimum absolute atomic E-state index is 0.458. The fourth-order valence-corrected chi connectivity index (χ4v) is 3.01. The minimum atomic E-state index is 0.458. The van der Waals surface area contributed by atoms with Crippen LogP contribution in [-0.4, -0.2) is 45.6 Å². The molecule has 0 unspecified atom stereocenters.